The fourth-order valence-electron chi connectivity index (χ4n) is 1.63. The van der Waals surface area contributed by atoms with Crippen LogP contribution in [0.2, 0.25) is 0 Å². The number of aromatic nitrogens is 1. The van der Waals surface area contributed by atoms with Crippen LogP contribution >= 0.6 is 11.3 Å². The van der Waals surface area contributed by atoms with Gasteiger partial charge in [0.05, 0.1) is 11.2 Å². The minimum atomic E-state index is 0.773. The van der Waals surface area contributed by atoms with E-state index in [2.05, 4.69) is 27.9 Å². The predicted molar refractivity (Wildman–Crippen MR) is 59.3 cm³/mol. The van der Waals surface area contributed by atoms with Gasteiger partial charge in [0, 0.05) is 11.9 Å². The van der Waals surface area contributed by atoms with Crippen molar-refractivity contribution in [3.05, 3.63) is 16.6 Å². The van der Waals surface area contributed by atoms with Crippen molar-refractivity contribution in [3.63, 3.8) is 0 Å². The molecule has 0 aromatic carbocycles. The summed E-state index contributed by atoms with van der Waals surface area (Å²) in [5.74, 6) is 1.65. The first-order valence-electron chi connectivity index (χ1n) is 5.15. The van der Waals surface area contributed by atoms with Gasteiger partial charge in [-0.2, -0.15) is 0 Å². The molecule has 1 aliphatic rings. The third-order valence-electron chi connectivity index (χ3n) is 2.87. The lowest BCUT2D eigenvalue weighted by Gasteiger charge is -2.32. The smallest absolute Gasteiger partial charge is 0.0795 e. The quantitative estimate of drug-likeness (QED) is 0.765. The zero-order valence-corrected chi connectivity index (χ0v) is 9.31. The van der Waals surface area contributed by atoms with Gasteiger partial charge in [-0.1, -0.05) is 6.92 Å². The maximum absolute atomic E-state index is 4.24. The van der Waals surface area contributed by atoms with Gasteiger partial charge >= 0.3 is 0 Å². The summed E-state index contributed by atoms with van der Waals surface area (Å²) < 4.78 is 0. The van der Waals surface area contributed by atoms with Crippen LogP contribution in [0.4, 0.5) is 0 Å². The lowest BCUT2D eigenvalue weighted by Crippen LogP contribution is -2.47. The number of nitrogens with one attached hydrogen (secondary N) is 2. The van der Waals surface area contributed by atoms with E-state index in [-0.39, 0.29) is 0 Å². The topological polar surface area (TPSA) is 37.0 Å². The monoisotopic (exact) mass is 211 g/mol. The van der Waals surface area contributed by atoms with Crippen LogP contribution in [-0.4, -0.2) is 24.6 Å². The number of nitrogens with zero attached hydrogens (tertiary/aromatic N) is 1. The average Bonchev–Trinajstić information content (AvgIpc) is 2.53. The first-order valence-corrected chi connectivity index (χ1v) is 6.09. The van der Waals surface area contributed by atoms with Gasteiger partial charge in [0.15, 0.2) is 0 Å². The van der Waals surface area contributed by atoms with E-state index in [0.717, 1.165) is 30.6 Å². The molecule has 1 unspecified atom stereocenters. The molecule has 1 aliphatic heterocycles. The molecule has 0 spiro atoms. The van der Waals surface area contributed by atoms with Crippen molar-refractivity contribution in [2.75, 3.05) is 19.6 Å². The molecule has 14 heavy (non-hydrogen) atoms. The molecule has 0 bridgehead atoms. The lowest BCUT2D eigenvalue weighted by molar-refractivity contribution is 0.242. The van der Waals surface area contributed by atoms with Crippen molar-refractivity contribution in [2.24, 2.45) is 11.8 Å². The van der Waals surface area contributed by atoms with Crippen LogP contribution in [0.15, 0.2) is 10.9 Å². The molecule has 1 saturated heterocycles. The van der Waals surface area contributed by atoms with E-state index in [1.54, 1.807) is 11.3 Å². The molecule has 2 rings (SSSR count). The van der Waals surface area contributed by atoms with E-state index in [1.165, 1.54) is 13.1 Å². The summed E-state index contributed by atoms with van der Waals surface area (Å²) in [6, 6.07) is 0. The summed E-state index contributed by atoms with van der Waals surface area (Å²) in [5, 5.41) is 8.86. The molecule has 2 N–H and O–H groups in total. The molecule has 0 aliphatic carbocycles. The van der Waals surface area contributed by atoms with Crippen LogP contribution in [0.1, 0.15) is 12.6 Å². The minimum absolute atomic E-state index is 0.773. The Balaban J connectivity index is 1.62. The molecule has 2 heterocycles. The summed E-state index contributed by atoms with van der Waals surface area (Å²) in [4.78, 5) is 4.24. The fourth-order valence-corrected chi connectivity index (χ4v) is 2.19. The van der Waals surface area contributed by atoms with Gasteiger partial charge < -0.3 is 10.6 Å². The highest BCUT2D eigenvalue weighted by molar-refractivity contribution is 7.07. The minimum Gasteiger partial charge on any atom is -0.316 e. The number of hydrogen-bond donors (Lipinski definition) is 2. The van der Waals surface area contributed by atoms with Crippen molar-refractivity contribution in [1.82, 2.24) is 15.6 Å². The summed E-state index contributed by atoms with van der Waals surface area (Å²) in [6.07, 6.45) is 0. The molecule has 1 atom stereocenters. The third kappa shape index (κ3) is 2.53. The van der Waals surface area contributed by atoms with Crippen LogP contribution < -0.4 is 10.6 Å². The maximum atomic E-state index is 4.24. The first kappa shape index (κ1) is 10.1. The maximum Gasteiger partial charge on any atom is 0.0795 e. The summed E-state index contributed by atoms with van der Waals surface area (Å²) in [6.45, 7) is 6.72. The Morgan fingerprint density at radius 2 is 2.57 bits per heavy atom. The number of hydrogen-bond acceptors (Lipinski definition) is 4. The Morgan fingerprint density at radius 3 is 3.14 bits per heavy atom. The van der Waals surface area contributed by atoms with Gasteiger partial charge in [0.25, 0.3) is 0 Å². The number of rotatable bonds is 5. The SMILES string of the molecule is CC(CNCc1cscn1)C1CNC1. The second-order valence-electron chi connectivity index (χ2n) is 4.01. The normalized spacial score (nSPS) is 19.2. The third-order valence-corrected chi connectivity index (χ3v) is 3.51. The highest BCUT2D eigenvalue weighted by atomic mass is 32.1. The zero-order chi connectivity index (χ0) is 9.80. The largest absolute Gasteiger partial charge is 0.316 e. The molecule has 1 aromatic heterocycles. The highest BCUT2D eigenvalue weighted by Crippen LogP contribution is 2.14. The van der Waals surface area contributed by atoms with E-state index in [1.807, 2.05) is 5.51 Å². The van der Waals surface area contributed by atoms with Gasteiger partial charge in [-0.25, -0.2) is 4.98 Å². The van der Waals surface area contributed by atoms with Crippen molar-refractivity contribution in [1.29, 1.82) is 0 Å². The molecule has 1 fully saturated rings. The van der Waals surface area contributed by atoms with E-state index in [9.17, 15) is 0 Å². The van der Waals surface area contributed by atoms with E-state index >= 15 is 0 Å². The van der Waals surface area contributed by atoms with Crippen LogP contribution in [0.5, 0.6) is 0 Å². The first-order chi connectivity index (χ1) is 6.86. The lowest BCUT2D eigenvalue weighted by atomic mass is 9.89. The van der Waals surface area contributed by atoms with Crippen LogP contribution in [0.3, 0.4) is 0 Å². The summed E-state index contributed by atoms with van der Waals surface area (Å²) in [7, 11) is 0. The Morgan fingerprint density at radius 1 is 1.71 bits per heavy atom. The molecule has 0 saturated carbocycles. The van der Waals surface area contributed by atoms with Gasteiger partial charge in [0.1, 0.15) is 0 Å². The molecular weight excluding hydrogens is 194 g/mol. The van der Waals surface area contributed by atoms with Crippen molar-refractivity contribution in [2.45, 2.75) is 13.5 Å². The van der Waals surface area contributed by atoms with Crippen LogP contribution in [0.25, 0.3) is 0 Å². The van der Waals surface area contributed by atoms with E-state index in [0.29, 0.717) is 0 Å². The van der Waals surface area contributed by atoms with Crippen molar-refractivity contribution >= 4 is 11.3 Å². The Kier molecular flexibility index (Phi) is 3.50. The molecular formula is C10H17N3S. The predicted octanol–water partition coefficient (Wildman–Crippen LogP) is 1.09. The summed E-state index contributed by atoms with van der Waals surface area (Å²) in [5.41, 5.74) is 3.05. The van der Waals surface area contributed by atoms with Gasteiger partial charge in [-0.15, -0.1) is 11.3 Å². The Labute approximate surface area is 88.9 Å². The van der Waals surface area contributed by atoms with Gasteiger partial charge in [0.2, 0.25) is 0 Å². The standard InChI is InChI=1S/C10H17N3S/c1-8(9-3-12-4-9)2-11-5-10-6-14-7-13-10/h6-9,11-12H,2-5H2,1H3. The second-order valence-corrected chi connectivity index (χ2v) is 4.72. The van der Waals surface area contributed by atoms with Gasteiger partial charge in [-0.05, 0) is 31.5 Å². The molecule has 4 heteroatoms. The van der Waals surface area contributed by atoms with E-state index < -0.39 is 0 Å². The van der Waals surface area contributed by atoms with Crippen molar-refractivity contribution in [3.8, 4) is 0 Å². The molecule has 78 valence electrons. The average molecular weight is 211 g/mol. The van der Waals surface area contributed by atoms with Crippen LogP contribution in [0, 0.1) is 11.8 Å². The highest BCUT2D eigenvalue weighted by Gasteiger charge is 2.22. The second kappa shape index (κ2) is 4.87. The van der Waals surface area contributed by atoms with E-state index in [4.69, 9.17) is 0 Å². The fraction of sp³-hybridized carbons (Fsp3) is 0.700. The summed E-state index contributed by atoms with van der Waals surface area (Å²) >= 11 is 1.66. The Bertz CT molecular complexity index is 256. The number of thiazole rings is 1. The zero-order valence-electron chi connectivity index (χ0n) is 8.49. The van der Waals surface area contributed by atoms with Crippen molar-refractivity contribution < 1.29 is 0 Å². The molecule has 1 aromatic rings. The molecule has 0 radical (unpaired) electrons. The molecule has 0 amide bonds. The van der Waals surface area contributed by atoms with Gasteiger partial charge in [-0.3, -0.25) is 0 Å². The Hall–Kier alpha value is -0.450. The molecule has 3 nitrogen and oxygen atoms in total. The van der Waals surface area contributed by atoms with Crippen LogP contribution in [-0.2, 0) is 6.54 Å².